The van der Waals surface area contributed by atoms with E-state index in [1.807, 2.05) is 20.8 Å². The summed E-state index contributed by atoms with van der Waals surface area (Å²) in [4.78, 5) is 0. The fourth-order valence-electron chi connectivity index (χ4n) is 0.433. The second-order valence-corrected chi connectivity index (χ2v) is 3.17. The first kappa shape index (κ1) is 25.4. The molecule has 0 saturated carbocycles. The van der Waals surface area contributed by atoms with Gasteiger partial charge in [-0.2, -0.15) is 0 Å². The van der Waals surface area contributed by atoms with Gasteiger partial charge in [0, 0.05) is 0 Å². The van der Waals surface area contributed by atoms with Crippen molar-refractivity contribution in [1.29, 1.82) is 0 Å². The van der Waals surface area contributed by atoms with Crippen molar-refractivity contribution < 1.29 is 37.0 Å². The summed E-state index contributed by atoms with van der Waals surface area (Å²) in [5.41, 5.74) is 0. The zero-order chi connectivity index (χ0) is 12.4. The molecule has 0 fully saturated rings. The summed E-state index contributed by atoms with van der Waals surface area (Å²) >= 11 is 0. The van der Waals surface area contributed by atoms with E-state index in [2.05, 4.69) is 0 Å². The molecule has 0 radical (unpaired) electrons. The molecule has 0 bridgehead atoms. The van der Waals surface area contributed by atoms with Gasteiger partial charge in [-0.3, -0.25) is 0 Å². The van der Waals surface area contributed by atoms with Gasteiger partial charge in [-0.15, -0.1) is 19.8 Å². The van der Waals surface area contributed by atoms with Gasteiger partial charge < -0.3 is 15.3 Å². The van der Waals surface area contributed by atoms with E-state index in [-0.39, 0.29) is 41.5 Å². The van der Waals surface area contributed by atoms with Crippen LogP contribution in [0.2, 0.25) is 0 Å². The first-order valence-corrected chi connectivity index (χ1v) is 5.99. The summed E-state index contributed by atoms with van der Waals surface area (Å²) in [5.74, 6) is 0. The van der Waals surface area contributed by atoms with Crippen LogP contribution in [0.5, 0.6) is 0 Å². The Morgan fingerprint density at radius 1 is 0.562 bits per heavy atom. The van der Waals surface area contributed by atoms with Crippen LogP contribution >= 0.6 is 0 Å². The third kappa shape index (κ3) is 62.0. The number of rotatable bonds is 6. The molecule has 0 unspecified atom stereocenters. The van der Waals surface area contributed by atoms with Crippen molar-refractivity contribution in [3.05, 3.63) is 0 Å². The molecule has 4 heteroatoms. The normalized spacial score (nSPS) is 7.88. The van der Waals surface area contributed by atoms with E-state index in [4.69, 9.17) is 0 Å². The molecular formula is C12H27O3Ti+. The van der Waals surface area contributed by atoms with Crippen LogP contribution in [0.1, 0.15) is 59.3 Å². The Morgan fingerprint density at radius 3 is 0.750 bits per heavy atom. The molecule has 0 aliphatic carbocycles. The number of hydrogen-bond donors (Lipinski definition) is 0. The molecule has 0 aliphatic rings. The molecule has 0 amide bonds. The minimum Gasteiger partial charge on any atom is -0.854 e. The van der Waals surface area contributed by atoms with E-state index >= 15 is 0 Å². The van der Waals surface area contributed by atoms with E-state index < -0.39 is 0 Å². The third-order valence-electron chi connectivity index (χ3n) is 1.49. The van der Waals surface area contributed by atoms with Gasteiger partial charge in [-0.25, -0.2) is 0 Å². The van der Waals surface area contributed by atoms with Crippen LogP contribution in [0.4, 0.5) is 0 Å². The van der Waals surface area contributed by atoms with Gasteiger partial charge in [0.1, 0.15) is 0 Å². The predicted octanol–water partition coefficient (Wildman–Crippen LogP) is 0.438. The Bertz CT molecular complexity index is 53.0. The molecule has 0 aliphatic heterocycles. The molecule has 16 heavy (non-hydrogen) atoms. The van der Waals surface area contributed by atoms with Gasteiger partial charge >= 0.3 is 21.7 Å². The van der Waals surface area contributed by atoms with Crippen LogP contribution in [0.3, 0.4) is 0 Å². The molecule has 96 valence electrons. The molecule has 0 spiro atoms. The summed E-state index contributed by atoms with van der Waals surface area (Å²) in [6.07, 6.45) is 5.59. The Morgan fingerprint density at radius 2 is 0.750 bits per heavy atom. The van der Waals surface area contributed by atoms with Crippen LogP contribution in [-0.4, -0.2) is 19.8 Å². The third-order valence-corrected chi connectivity index (χ3v) is 1.49. The van der Waals surface area contributed by atoms with Crippen LogP contribution < -0.4 is 15.3 Å². The van der Waals surface area contributed by atoms with Crippen molar-refractivity contribution >= 4 is 0 Å². The fraction of sp³-hybridized carbons (Fsp3) is 1.00. The fourth-order valence-corrected chi connectivity index (χ4v) is 0.433. The maximum atomic E-state index is 9.53. The largest absolute Gasteiger partial charge is 4.00 e. The minimum atomic E-state index is 0. The van der Waals surface area contributed by atoms with Gasteiger partial charge in [0.25, 0.3) is 0 Å². The van der Waals surface area contributed by atoms with Crippen LogP contribution in [0.25, 0.3) is 0 Å². The van der Waals surface area contributed by atoms with E-state index in [1.165, 1.54) is 0 Å². The number of hydrogen-bond acceptors (Lipinski definition) is 3. The maximum Gasteiger partial charge on any atom is 4.00 e. The van der Waals surface area contributed by atoms with E-state index in [0.29, 0.717) is 0 Å². The first-order valence-electron chi connectivity index (χ1n) is 5.99. The van der Waals surface area contributed by atoms with E-state index in [1.54, 1.807) is 0 Å². The van der Waals surface area contributed by atoms with Crippen molar-refractivity contribution in [3.63, 3.8) is 0 Å². The molecule has 3 nitrogen and oxygen atoms in total. The van der Waals surface area contributed by atoms with Crippen molar-refractivity contribution in [1.82, 2.24) is 0 Å². The molecule has 0 N–H and O–H groups in total. The monoisotopic (exact) mass is 267 g/mol. The maximum absolute atomic E-state index is 9.53. The smallest absolute Gasteiger partial charge is 0.854 e. The second kappa shape index (κ2) is 36.1. The zero-order valence-corrected chi connectivity index (χ0v) is 12.7. The van der Waals surface area contributed by atoms with Crippen molar-refractivity contribution in [2.45, 2.75) is 59.3 Å². The molecule has 0 atom stereocenters. The summed E-state index contributed by atoms with van der Waals surface area (Å²) in [6.45, 7) is 6.32. The Labute approximate surface area is 116 Å². The molecule has 0 aromatic heterocycles. The second-order valence-electron chi connectivity index (χ2n) is 3.17. The quantitative estimate of drug-likeness (QED) is 0.656. The summed E-state index contributed by atoms with van der Waals surface area (Å²) in [5, 5.41) is 28.6. The molecule has 0 rings (SSSR count). The van der Waals surface area contributed by atoms with Gasteiger partial charge in [-0.05, 0) is 0 Å². The average Bonchev–Trinajstić information content (AvgIpc) is 2.23. The van der Waals surface area contributed by atoms with Gasteiger partial charge in [-0.1, -0.05) is 59.3 Å². The Balaban J connectivity index is -0.0000000655. The van der Waals surface area contributed by atoms with Crippen LogP contribution in [0.15, 0.2) is 0 Å². The van der Waals surface area contributed by atoms with Crippen LogP contribution in [-0.2, 0) is 21.7 Å². The van der Waals surface area contributed by atoms with Gasteiger partial charge in [0.2, 0.25) is 0 Å². The minimum absolute atomic E-state index is 0. The molecule has 0 saturated heterocycles. The summed E-state index contributed by atoms with van der Waals surface area (Å²) < 4.78 is 0. The van der Waals surface area contributed by atoms with E-state index in [9.17, 15) is 15.3 Å². The molecule has 0 heterocycles. The Hall–Kier alpha value is 0.594. The summed E-state index contributed by atoms with van der Waals surface area (Å²) in [7, 11) is 0. The zero-order valence-electron chi connectivity index (χ0n) is 11.1. The van der Waals surface area contributed by atoms with Crippen molar-refractivity contribution in [2.24, 2.45) is 0 Å². The van der Waals surface area contributed by atoms with Gasteiger partial charge in [0.05, 0.1) is 0 Å². The summed E-state index contributed by atoms with van der Waals surface area (Å²) in [6, 6.07) is 0. The topological polar surface area (TPSA) is 69.2 Å². The average molecular weight is 267 g/mol. The number of unbranched alkanes of at least 4 members (excludes halogenated alkanes) is 3. The molecule has 0 aromatic rings. The standard InChI is InChI=1S/3C4H9O.Ti/c3*1-2-3-4-5;/h3*2-4H2,1H3;/q3*-1;+4. The van der Waals surface area contributed by atoms with Gasteiger partial charge in [0.15, 0.2) is 0 Å². The van der Waals surface area contributed by atoms with Crippen molar-refractivity contribution in [2.75, 3.05) is 19.8 Å². The predicted molar refractivity (Wildman–Crippen MR) is 59.3 cm³/mol. The molecular weight excluding hydrogens is 240 g/mol. The SMILES string of the molecule is CCCC[O-].CCCC[O-].CCCC[O-].[Ti+4]. The van der Waals surface area contributed by atoms with E-state index in [0.717, 1.165) is 38.5 Å². The Kier molecular flexibility index (Phi) is 57.4. The first-order chi connectivity index (χ1) is 7.24. The van der Waals surface area contributed by atoms with Crippen molar-refractivity contribution in [3.8, 4) is 0 Å². The van der Waals surface area contributed by atoms with Crippen LogP contribution in [0, 0.1) is 0 Å². The molecule has 0 aromatic carbocycles.